The number of nitrogens with zero attached hydrogens (tertiary/aromatic N) is 1. The molecular formula is C25H25ClF3N3O2. The van der Waals surface area contributed by atoms with Crippen molar-refractivity contribution in [1.29, 1.82) is 0 Å². The van der Waals surface area contributed by atoms with Crippen molar-refractivity contribution in [3.8, 4) is 5.75 Å². The van der Waals surface area contributed by atoms with Crippen LogP contribution in [0.15, 0.2) is 48.5 Å². The summed E-state index contributed by atoms with van der Waals surface area (Å²) >= 11 is 6.09. The maximum atomic E-state index is 13.4. The third kappa shape index (κ3) is 5.38. The van der Waals surface area contributed by atoms with Gasteiger partial charge in [0.2, 0.25) is 0 Å². The Morgan fingerprint density at radius 3 is 2.56 bits per heavy atom. The van der Waals surface area contributed by atoms with Gasteiger partial charge >= 0.3 is 6.18 Å². The summed E-state index contributed by atoms with van der Waals surface area (Å²) in [6.45, 7) is 1.99. The molecule has 0 radical (unpaired) electrons. The third-order valence-electron chi connectivity index (χ3n) is 6.26. The number of carbonyl (C=O) groups excluding carboxylic acids is 1. The van der Waals surface area contributed by atoms with E-state index < -0.39 is 17.4 Å². The zero-order valence-corrected chi connectivity index (χ0v) is 19.6. The van der Waals surface area contributed by atoms with E-state index in [1.165, 1.54) is 12.1 Å². The number of nitrogens with one attached hydrogen (secondary N) is 2. The summed E-state index contributed by atoms with van der Waals surface area (Å²) in [5.41, 5.74) is -0.266. The highest BCUT2D eigenvalue weighted by molar-refractivity contribution is 6.31. The summed E-state index contributed by atoms with van der Waals surface area (Å²) in [6.07, 6.45) is -1.84. The molecule has 0 aliphatic heterocycles. The number of fused-ring (bicyclic) bond motifs is 1. The minimum absolute atomic E-state index is 0.0486. The van der Waals surface area contributed by atoms with Gasteiger partial charge in [0.15, 0.2) is 0 Å². The number of methoxy groups -OCH3 is 1. The Morgan fingerprint density at radius 2 is 1.88 bits per heavy atom. The van der Waals surface area contributed by atoms with Gasteiger partial charge in [0.05, 0.1) is 12.6 Å². The molecule has 1 aromatic heterocycles. The number of pyridine rings is 1. The van der Waals surface area contributed by atoms with Crippen molar-refractivity contribution in [2.75, 3.05) is 12.4 Å². The van der Waals surface area contributed by atoms with Gasteiger partial charge in [0, 0.05) is 33.2 Å². The summed E-state index contributed by atoms with van der Waals surface area (Å²) in [4.78, 5) is 16.5. The molecule has 1 aliphatic rings. The Morgan fingerprint density at radius 1 is 1.15 bits per heavy atom. The number of hydrogen-bond donors (Lipinski definition) is 2. The highest BCUT2D eigenvalue weighted by atomic mass is 35.5. The molecular weight excluding hydrogens is 467 g/mol. The second-order valence-electron chi connectivity index (χ2n) is 8.88. The average Bonchev–Trinajstić information content (AvgIpc) is 2.80. The molecule has 4 rings (SSSR count). The average molecular weight is 492 g/mol. The van der Waals surface area contributed by atoms with Gasteiger partial charge in [-0.1, -0.05) is 17.7 Å². The highest BCUT2D eigenvalue weighted by Gasteiger charge is 2.35. The van der Waals surface area contributed by atoms with E-state index in [-0.39, 0.29) is 17.5 Å². The maximum absolute atomic E-state index is 13.4. The van der Waals surface area contributed by atoms with Crippen molar-refractivity contribution in [3.63, 3.8) is 0 Å². The van der Waals surface area contributed by atoms with E-state index in [0.29, 0.717) is 53.1 Å². The lowest BCUT2D eigenvalue weighted by Gasteiger charge is -2.38. The van der Waals surface area contributed by atoms with Gasteiger partial charge in [-0.25, -0.2) is 4.98 Å². The first-order chi connectivity index (χ1) is 16.1. The normalized spacial score (nSPS) is 20.7. The molecule has 9 heteroatoms. The van der Waals surface area contributed by atoms with Crippen LogP contribution in [0.25, 0.3) is 10.9 Å². The van der Waals surface area contributed by atoms with Crippen LogP contribution in [-0.4, -0.2) is 29.6 Å². The third-order valence-corrected chi connectivity index (χ3v) is 6.49. The second kappa shape index (κ2) is 9.33. The number of aromatic nitrogens is 1. The van der Waals surface area contributed by atoms with E-state index in [0.717, 1.165) is 6.07 Å². The molecule has 1 saturated carbocycles. The van der Waals surface area contributed by atoms with Gasteiger partial charge in [-0.05, 0) is 75.1 Å². The van der Waals surface area contributed by atoms with Crippen molar-refractivity contribution in [1.82, 2.24) is 10.3 Å². The number of rotatable bonds is 5. The molecule has 1 amide bonds. The Bertz CT molecular complexity index is 1210. The number of hydrogen-bond acceptors (Lipinski definition) is 4. The Labute approximate surface area is 200 Å². The summed E-state index contributed by atoms with van der Waals surface area (Å²) in [7, 11) is 1.55. The Kier molecular flexibility index (Phi) is 6.62. The summed E-state index contributed by atoms with van der Waals surface area (Å²) in [6, 6.07) is 12.6. The quantitative estimate of drug-likeness (QED) is 0.430. The lowest BCUT2D eigenvalue weighted by atomic mass is 9.80. The molecule has 0 unspecified atom stereocenters. The number of amides is 1. The fourth-order valence-corrected chi connectivity index (χ4v) is 4.49. The van der Waals surface area contributed by atoms with Gasteiger partial charge in [-0.3, -0.25) is 4.79 Å². The Hall–Kier alpha value is -3.00. The van der Waals surface area contributed by atoms with Crippen molar-refractivity contribution >= 4 is 34.1 Å². The predicted octanol–water partition coefficient (Wildman–Crippen LogP) is 6.46. The van der Waals surface area contributed by atoms with Crippen LogP contribution in [0.5, 0.6) is 5.75 Å². The largest absolute Gasteiger partial charge is 0.497 e. The number of ether oxygens (including phenoxy) is 1. The van der Waals surface area contributed by atoms with Crippen LogP contribution >= 0.6 is 11.6 Å². The second-order valence-corrected chi connectivity index (χ2v) is 9.32. The topological polar surface area (TPSA) is 63.2 Å². The van der Waals surface area contributed by atoms with Crippen LogP contribution in [0.3, 0.4) is 0 Å². The molecule has 1 fully saturated rings. The van der Waals surface area contributed by atoms with Crippen LogP contribution in [0, 0.1) is 0 Å². The molecule has 0 atom stereocenters. The molecule has 2 aromatic carbocycles. The molecule has 2 N–H and O–H groups in total. The first-order valence-corrected chi connectivity index (χ1v) is 11.3. The number of carbonyl (C=O) groups is 1. The van der Waals surface area contributed by atoms with Gasteiger partial charge in [0.25, 0.3) is 5.91 Å². The lowest BCUT2D eigenvalue weighted by molar-refractivity contribution is -0.140. The van der Waals surface area contributed by atoms with Crippen molar-refractivity contribution < 1.29 is 22.7 Å². The summed E-state index contributed by atoms with van der Waals surface area (Å²) < 4.78 is 45.4. The molecule has 0 bridgehead atoms. The molecule has 0 spiro atoms. The van der Waals surface area contributed by atoms with Gasteiger partial charge in [-0.15, -0.1) is 0 Å². The fourth-order valence-electron chi connectivity index (χ4n) is 4.32. The minimum atomic E-state index is -4.56. The molecule has 0 saturated heterocycles. The van der Waals surface area contributed by atoms with Crippen LogP contribution in [0.2, 0.25) is 5.02 Å². The van der Waals surface area contributed by atoms with Gasteiger partial charge < -0.3 is 15.4 Å². The predicted molar refractivity (Wildman–Crippen MR) is 126 cm³/mol. The summed E-state index contributed by atoms with van der Waals surface area (Å²) in [5.74, 6) is 0.422. The molecule has 3 aromatic rings. The van der Waals surface area contributed by atoms with Crippen LogP contribution in [0.4, 0.5) is 18.9 Å². The number of alkyl halides is 3. The minimum Gasteiger partial charge on any atom is -0.497 e. The molecule has 5 nitrogen and oxygen atoms in total. The number of halogens is 4. The molecule has 1 aliphatic carbocycles. The standard InChI is InChI=1S/C25H25ClF3N3O2/c1-24(32-23(33)15-4-3-5-18(12-15)34-2)10-8-17(9-11-24)30-21-14-22(25(27,28)29)31-20-7-6-16(26)13-19(20)21/h3-7,12-14,17H,8-11H2,1-2H3,(H,30,31)(H,32,33). The van der Waals surface area contributed by atoms with Crippen LogP contribution in [0.1, 0.15) is 48.7 Å². The van der Waals surface area contributed by atoms with Crippen molar-refractivity contribution in [2.24, 2.45) is 0 Å². The van der Waals surface area contributed by atoms with Crippen LogP contribution < -0.4 is 15.4 Å². The number of anilines is 1. The van der Waals surface area contributed by atoms with E-state index in [1.54, 1.807) is 37.4 Å². The molecule has 180 valence electrons. The van der Waals surface area contributed by atoms with E-state index in [1.807, 2.05) is 6.92 Å². The lowest BCUT2D eigenvalue weighted by Crippen LogP contribution is -2.49. The Balaban J connectivity index is 1.47. The summed E-state index contributed by atoms with van der Waals surface area (Å²) in [5, 5.41) is 7.35. The highest BCUT2D eigenvalue weighted by Crippen LogP contribution is 2.36. The number of benzene rings is 2. The monoisotopic (exact) mass is 491 g/mol. The van der Waals surface area contributed by atoms with E-state index in [4.69, 9.17) is 16.3 Å². The van der Waals surface area contributed by atoms with Crippen LogP contribution in [-0.2, 0) is 6.18 Å². The van der Waals surface area contributed by atoms with Crippen molar-refractivity contribution in [2.45, 2.75) is 50.4 Å². The van der Waals surface area contributed by atoms with Gasteiger partial charge in [-0.2, -0.15) is 13.2 Å². The maximum Gasteiger partial charge on any atom is 0.433 e. The smallest absolute Gasteiger partial charge is 0.433 e. The first kappa shape index (κ1) is 24.1. The zero-order valence-electron chi connectivity index (χ0n) is 18.8. The van der Waals surface area contributed by atoms with Gasteiger partial charge in [0.1, 0.15) is 11.4 Å². The first-order valence-electron chi connectivity index (χ1n) is 11.0. The zero-order chi connectivity index (χ0) is 24.5. The van der Waals surface area contributed by atoms with Crippen molar-refractivity contribution in [3.05, 3.63) is 64.8 Å². The van der Waals surface area contributed by atoms with E-state index in [2.05, 4.69) is 15.6 Å². The molecule has 34 heavy (non-hydrogen) atoms. The molecule has 1 heterocycles. The van der Waals surface area contributed by atoms with E-state index >= 15 is 0 Å². The van der Waals surface area contributed by atoms with E-state index in [9.17, 15) is 18.0 Å². The fraction of sp³-hybridized carbons (Fsp3) is 0.360. The SMILES string of the molecule is COc1cccc(C(=O)NC2(C)CCC(Nc3cc(C(F)(F)F)nc4ccc(Cl)cc34)CC2)c1.